The van der Waals surface area contributed by atoms with Gasteiger partial charge < -0.3 is 15.7 Å². The van der Waals surface area contributed by atoms with Gasteiger partial charge in [-0.05, 0) is 80.2 Å². The molecule has 9 nitrogen and oxygen atoms in total. The summed E-state index contributed by atoms with van der Waals surface area (Å²) in [5, 5.41) is 23.6. The number of anilines is 1. The number of hydrogen-bond acceptors (Lipinski definition) is 6. The third kappa shape index (κ3) is 9.63. The molecular weight excluding hydrogens is 515 g/mol. The molecule has 5 N–H and O–H groups in total. The van der Waals surface area contributed by atoms with Crippen LogP contribution in [0.2, 0.25) is 0 Å². The number of hydrogen-bond donors (Lipinski definition) is 5. The quantitative estimate of drug-likeness (QED) is 0.159. The molecule has 40 heavy (non-hydrogen) atoms. The number of nitrogens with zero attached hydrogens (tertiary/aromatic N) is 1. The zero-order chi connectivity index (χ0) is 28.4. The average Bonchev–Trinajstić information content (AvgIpc) is 2.92. The van der Waals surface area contributed by atoms with Crippen LogP contribution in [0.3, 0.4) is 0 Å². The first kappa shape index (κ1) is 31.7. The highest BCUT2D eigenvalue weighted by molar-refractivity contribution is 5.97. The van der Waals surface area contributed by atoms with Gasteiger partial charge in [0.15, 0.2) is 0 Å². The molecule has 10 heteroatoms. The lowest BCUT2D eigenvalue weighted by atomic mass is 10.1. The van der Waals surface area contributed by atoms with Crippen molar-refractivity contribution in [1.29, 1.82) is 0 Å². The molecule has 0 saturated heterocycles. The molecule has 3 aromatic rings. The number of nitrogens with one attached hydrogen (secondary N) is 3. The Morgan fingerprint density at radius 1 is 0.925 bits per heavy atom. The number of carbonyl (C=O) groups is 3. The Morgan fingerprint density at radius 3 is 2.00 bits per heavy atom. The molecule has 0 aliphatic rings. The van der Waals surface area contributed by atoms with Gasteiger partial charge in [0.2, 0.25) is 5.91 Å². The molecule has 2 atom stereocenters. The molecule has 0 bridgehead atoms. The van der Waals surface area contributed by atoms with Gasteiger partial charge in [-0.3, -0.25) is 24.5 Å². The Kier molecular flexibility index (Phi) is 12.0. The van der Waals surface area contributed by atoms with Crippen molar-refractivity contribution in [2.45, 2.75) is 33.0 Å². The lowest BCUT2D eigenvalue weighted by molar-refractivity contribution is -0.133. The van der Waals surface area contributed by atoms with Crippen LogP contribution >= 0.6 is 0 Å². The molecular formula is C30H33FN4O5. The Balaban J connectivity index is 0.00000560. The standard InChI is InChI=1S/C29H29FN4O5.CH4/c1-19(35)27(29(38)33-39)32-28(37)23-11-5-20(6-12-23)3-4-21-9-15-25(16-10-21)31-26(36)18-34(2)17-22-7-13-24(30)14-8-22;/h5-16,19,27,35,39H,17-18H2,1-2H3,(H,31,36)(H,32,37)(H,33,38);1H4/t19-,27+;/m1./s1. The molecule has 0 spiro atoms. The zero-order valence-electron chi connectivity index (χ0n) is 21.4. The first-order valence-corrected chi connectivity index (χ1v) is 12.0. The second kappa shape index (κ2) is 15.1. The SMILES string of the molecule is C.C[C@@H](O)[C@H](NC(=O)c1ccc(C#Cc2ccc(NC(=O)CN(C)Cc3ccc(F)cc3)cc2)cc1)C(=O)NO. The Hall–Kier alpha value is -4.56. The van der Waals surface area contributed by atoms with Gasteiger partial charge in [0.25, 0.3) is 11.8 Å². The van der Waals surface area contributed by atoms with Crippen molar-refractivity contribution in [3.63, 3.8) is 0 Å². The topological polar surface area (TPSA) is 131 Å². The smallest absolute Gasteiger partial charge is 0.268 e. The van der Waals surface area contributed by atoms with Crippen molar-refractivity contribution in [2.75, 3.05) is 18.9 Å². The normalized spacial score (nSPS) is 11.8. The van der Waals surface area contributed by atoms with Crippen LogP contribution in [0.25, 0.3) is 0 Å². The van der Waals surface area contributed by atoms with E-state index >= 15 is 0 Å². The molecule has 0 saturated carbocycles. The summed E-state index contributed by atoms with van der Waals surface area (Å²) >= 11 is 0. The molecule has 0 fully saturated rings. The largest absolute Gasteiger partial charge is 0.391 e. The van der Waals surface area contributed by atoms with E-state index in [0.717, 1.165) is 11.1 Å². The van der Waals surface area contributed by atoms with E-state index in [-0.39, 0.29) is 31.3 Å². The highest BCUT2D eigenvalue weighted by Crippen LogP contribution is 2.11. The zero-order valence-corrected chi connectivity index (χ0v) is 21.4. The van der Waals surface area contributed by atoms with E-state index < -0.39 is 24.0 Å². The minimum atomic E-state index is -1.31. The Morgan fingerprint density at radius 2 is 1.48 bits per heavy atom. The predicted octanol–water partition coefficient (Wildman–Crippen LogP) is 2.92. The summed E-state index contributed by atoms with van der Waals surface area (Å²) in [6.07, 6.45) is -1.21. The van der Waals surface area contributed by atoms with Crippen molar-refractivity contribution >= 4 is 23.4 Å². The molecule has 3 aromatic carbocycles. The van der Waals surface area contributed by atoms with Gasteiger partial charge in [-0.1, -0.05) is 31.4 Å². The predicted molar refractivity (Wildman–Crippen MR) is 150 cm³/mol. The highest BCUT2D eigenvalue weighted by Gasteiger charge is 2.25. The number of carbonyl (C=O) groups excluding carboxylic acids is 3. The monoisotopic (exact) mass is 548 g/mol. The van der Waals surface area contributed by atoms with Gasteiger partial charge >= 0.3 is 0 Å². The molecule has 0 unspecified atom stereocenters. The molecule has 3 rings (SSSR count). The maximum atomic E-state index is 13.0. The van der Waals surface area contributed by atoms with Crippen LogP contribution < -0.4 is 16.1 Å². The lowest BCUT2D eigenvalue weighted by Gasteiger charge is -2.19. The maximum absolute atomic E-state index is 13.0. The second-order valence-electron chi connectivity index (χ2n) is 8.92. The molecule has 0 aliphatic heterocycles. The van der Waals surface area contributed by atoms with Gasteiger partial charge in [-0.15, -0.1) is 0 Å². The van der Waals surface area contributed by atoms with E-state index in [0.29, 0.717) is 17.8 Å². The van der Waals surface area contributed by atoms with Crippen LogP contribution in [0, 0.1) is 17.7 Å². The summed E-state index contributed by atoms with van der Waals surface area (Å²) in [5.41, 5.74) is 4.56. The number of halogens is 1. The first-order valence-electron chi connectivity index (χ1n) is 12.0. The van der Waals surface area contributed by atoms with Crippen molar-refractivity contribution < 1.29 is 29.1 Å². The number of benzene rings is 3. The molecule has 0 aliphatic carbocycles. The summed E-state index contributed by atoms with van der Waals surface area (Å²) in [6.45, 7) is 1.99. The second-order valence-corrected chi connectivity index (χ2v) is 8.92. The Labute approximate surface area is 233 Å². The molecule has 0 radical (unpaired) electrons. The Bertz CT molecular complexity index is 1350. The molecule has 0 aromatic heterocycles. The van der Waals surface area contributed by atoms with Crippen LogP contribution in [0.1, 0.15) is 41.4 Å². The van der Waals surface area contributed by atoms with Crippen LogP contribution in [0.4, 0.5) is 10.1 Å². The van der Waals surface area contributed by atoms with Gasteiger partial charge in [0.1, 0.15) is 11.9 Å². The number of hydroxylamine groups is 1. The summed E-state index contributed by atoms with van der Waals surface area (Å²) in [5.74, 6) is 4.00. The minimum Gasteiger partial charge on any atom is -0.391 e. The maximum Gasteiger partial charge on any atom is 0.268 e. The van der Waals surface area contributed by atoms with Crippen LogP contribution in [-0.4, -0.2) is 58.7 Å². The number of aliphatic hydroxyl groups is 1. The summed E-state index contributed by atoms with van der Waals surface area (Å²) in [7, 11) is 1.81. The van der Waals surface area contributed by atoms with Gasteiger partial charge in [-0.25, -0.2) is 9.87 Å². The van der Waals surface area contributed by atoms with Crippen molar-refractivity contribution in [1.82, 2.24) is 15.7 Å². The summed E-state index contributed by atoms with van der Waals surface area (Å²) < 4.78 is 13.0. The first-order chi connectivity index (χ1) is 18.6. The van der Waals surface area contributed by atoms with Gasteiger partial charge in [0, 0.05) is 28.9 Å². The molecule has 210 valence electrons. The highest BCUT2D eigenvalue weighted by atomic mass is 19.1. The number of aliphatic hydroxyl groups excluding tert-OH is 1. The van der Waals surface area contributed by atoms with Gasteiger partial charge in [0.05, 0.1) is 12.6 Å². The summed E-state index contributed by atoms with van der Waals surface area (Å²) in [6, 6.07) is 18.2. The molecule has 0 heterocycles. The van der Waals surface area contributed by atoms with Crippen LogP contribution in [0.5, 0.6) is 0 Å². The van der Waals surface area contributed by atoms with E-state index in [1.807, 2.05) is 11.9 Å². The van der Waals surface area contributed by atoms with E-state index in [1.54, 1.807) is 48.5 Å². The van der Waals surface area contributed by atoms with E-state index in [4.69, 9.17) is 5.21 Å². The van der Waals surface area contributed by atoms with E-state index in [9.17, 15) is 23.9 Å². The van der Waals surface area contributed by atoms with E-state index in [1.165, 1.54) is 36.7 Å². The van der Waals surface area contributed by atoms with Crippen molar-refractivity contribution in [3.05, 3.63) is 101 Å². The summed E-state index contributed by atoms with van der Waals surface area (Å²) in [4.78, 5) is 38.2. The van der Waals surface area contributed by atoms with E-state index in [2.05, 4.69) is 22.5 Å². The van der Waals surface area contributed by atoms with Crippen molar-refractivity contribution in [3.8, 4) is 11.8 Å². The third-order valence-corrected chi connectivity index (χ3v) is 5.61. The van der Waals surface area contributed by atoms with Crippen LogP contribution in [-0.2, 0) is 16.1 Å². The number of amides is 3. The fraction of sp³-hybridized carbons (Fsp3) is 0.233. The van der Waals surface area contributed by atoms with Crippen molar-refractivity contribution in [2.24, 2.45) is 0 Å². The van der Waals surface area contributed by atoms with Crippen LogP contribution in [0.15, 0.2) is 72.8 Å². The fourth-order valence-corrected chi connectivity index (χ4v) is 3.59. The third-order valence-electron chi connectivity index (χ3n) is 5.61. The molecule has 3 amide bonds. The average molecular weight is 549 g/mol. The van der Waals surface area contributed by atoms with Gasteiger partial charge in [-0.2, -0.15) is 0 Å². The number of likely N-dealkylation sites (N-methyl/N-ethyl adjacent to an activating group) is 1. The lowest BCUT2D eigenvalue weighted by Crippen LogP contribution is -2.51. The number of rotatable bonds is 9. The fourth-order valence-electron chi connectivity index (χ4n) is 3.59. The minimum absolute atomic E-state index is 0.